The zero-order valence-corrected chi connectivity index (χ0v) is 12.2. The fourth-order valence-electron chi connectivity index (χ4n) is 2.19. The van der Waals surface area contributed by atoms with Gasteiger partial charge >= 0.3 is 6.18 Å². The molecule has 116 valence electrons. The van der Waals surface area contributed by atoms with Crippen molar-refractivity contribution in [3.8, 4) is 5.75 Å². The standard InChI is InChI=1S/C15H13F3N2OS/c16-15(17,18)9-21-11-5-3-10(4-6-11)12-8-13(20-19-12)14-2-1-7-22-14/h1-7,13,20H,8-9H2. The highest BCUT2D eigenvalue weighted by molar-refractivity contribution is 7.10. The van der Waals surface area contributed by atoms with Crippen molar-refractivity contribution in [3.05, 3.63) is 52.2 Å². The van der Waals surface area contributed by atoms with Crippen LogP contribution < -0.4 is 10.2 Å². The van der Waals surface area contributed by atoms with Gasteiger partial charge in [-0.15, -0.1) is 11.3 Å². The Labute approximate surface area is 129 Å². The summed E-state index contributed by atoms with van der Waals surface area (Å²) < 4.78 is 41.0. The fraction of sp³-hybridized carbons (Fsp3) is 0.267. The molecule has 22 heavy (non-hydrogen) atoms. The van der Waals surface area contributed by atoms with E-state index in [0.29, 0.717) is 0 Å². The number of halogens is 3. The van der Waals surface area contributed by atoms with Gasteiger partial charge in [-0.1, -0.05) is 6.07 Å². The predicted octanol–water partition coefficient (Wildman–Crippen LogP) is 4.13. The molecule has 3 rings (SSSR count). The summed E-state index contributed by atoms with van der Waals surface area (Å²) in [4.78, 5) is 1.21. The molecule has 1 unspecified atom stereocenters. The normalized spacial score (nSPS) is 18.0. The smallest absolute Gasteiger partial charge is 0.422 e. The maximum absolute atomic E-state index is 12.1. The van der Waals surface area contributed by atoms with E-state index in [1.54, 1.807) is 23.5 Å². The fourth-order valence-corrected chi connectivity index (χ4v) is 2.96. The third kappa shape index (κ3) is 3.59. The van der Waals surface area contributed by atoms with Crippen molar-refractivity contribution in [2.75, 3.05) is 6.61 Å². The van der Waals surface area contributed by atoms with Crippen LogP contribution >= 0.6 is 11.3 Å². The van der Waals surface area contributed by atoms with Crippen molar-refractivity contribution in [2.45, 2.75) is 18.6 Å². The first-order chi connectivity index (χ1) is 10.5. The molecule has 1 aliphatic rings. The van der Waals surface area contributed by atoms with E-state index in [0.717, 1.165) is 17.7 Å². The number of hydrazone groups is 1. The van der Waals surface area contributed by atoms with Crippen LogP contribution in [0.2, 0.25) is 0 Å². The maximum Gasteiger partial charge on any atom is 0.422 e. The Morgan fingerprint density at radius 3 is 2.64 bits per heavy atom. The Morgan fingerprint density at radius 1 is 1.23 bits per heavy atom. The number of benzene rings is 1. The van der Waals surface area contributed by atoms with E-state index in [1.807, 2.05) is 11.4 Å². The monoisotopic (exact) mass is 326 g/mol. The number of hydrogen-bond acceptors (Lipinski definition) is 4. The highest BCUT2D eigenvalue weighted by atomic mass is 32.1. The first-order valence-corrected chi connectivity index (χ1v) is 7.55. The number of thiophene rings is 1. The summed E-state index contributed by atoms with van der Waals surface area (Å²) in [7, 11) is 0. The van der Waals surface area contributed by atoms with Crippen LogP contribution in [-0.2, 0) is 0 Å². The van der Waals surface area contributed by atoms with Crippen molar-refractivity contribution >= 4 is 17.0 Å². The molecule has 0 radical (unpaired) electrons. The van der Waals surface area contributed by atoms with Crippen LogP contribution in [0.25, 0.3) is 0 Å². The summed E-state index contributed by atoms with van der Waals surface area (Å²) in [5, 5.41) is 6.33. The minimum Gasteiger partial charge on any atom is -0.484 e. The third-order valence-electron chi connectivity index (χ3n) is 3.23. The van der Waals surface area contributed by atoms with E-state index >= 15 is 0 Å². The topological polar surface area (TPSA) is 33.6 Å². The maximum atomic E-state index is 12.1. The summed E-state index contributed by atoms with van der Waals surface area (Å²) in [5.41, 5.74) is 4.86. The lowest BCUT2D eigenvalue weighted by molar-refractivity contribution is -0.153. The van der Waals surface area contributed by atoms with Crippen molar-refractivity contribution in [3.63, 3.8) is 0 Å². The van der Waals surface area contributed by atoms with Gasteiger partial charge < -0.3 is 10.2 Å². The molecule has 1 aliphatic heterocycles. The average molecular weight is 326 g/mol. The highest BCUT2D eigenvalue weighted by Gasteiger charge is 2.28. The van der Waals surface area contributed by atoms with Crippen molar-refractivity contribution in [1.82, 2.24) is 5.43 Å². The summed E-state index contributed by atoms with van der Waals surface area (Å²) >= 11 is 1.67. The van der Waals surface area contributed by atoms with E-state index < -0.39 is 12.8 Å². The predicted molar refractivity (Wildman–Crippen MR) is 79.3 cm³/mol. The molecule has 1 N–H and O–H groups in total. The lowest BCUT2D eigenvalue weighted by atomic mass is 10.0. The molecule has 0 saturated carbocycles. The van der Waals surface area contributed by atoms with Gasteiger partial charge in [0.05, 0.1) is 11.8 Å². The number of nitrogens with one attached hydrogen (secondary N) is 1. The molecule has 2 aromatic rings. The SMILES string of the molecule is FC(F)(F)COc1ccc(C2=NNC(c3cccs3)C2)cc1. The van der Waals surface area contributed by atoms with Crippen LogP contribution in [0.1, 0.15) is 22.9 Å². The van der Waals surface area contributed by atoms with Crippen molar-refractivity contribution in [1.29, 1.82) is 0 Å². The first kappa shape index (κ1) is 14.9. The molecule has 0 amide bonds. The van der Waals surface area contributed by atoms with Crippen LogP contribution in [0.3, 0.4) is 0 Å². The molecule has 2 heterocycles. The number of nitrogens with zero attached hydrogens (tertiary/aromatic N) is 1. The van der Waals surface area contributed by atoms with E-state index in [1.165, 1.54) is 17.0 Å². The lowest BCUT2D eigenvalue weighted by Gasteiger charge is -2.09. The van der Waals surface area contributed by atoms with Gasteiger partial charge in [0.1, 0.15) is 5.75 Å². The zero-order chi connectivity index (χ0) is 15.6. The molecule has 0 saturated heterocycles. The number of rotatable bonds is 4. The van der Waals surface area contributed by atoms with Gasteiger partial charge in [0.2, 0.25) is 0 Å². The minimum atomic E-state index is -4.33. The quantitative estimate of drug-likeness (QED) is 0.916. The molecular weight excluding hydrogens is 313 g/mol. The molecule has 1 aromatic heterocycles. The van der Waals surface area contributed by atoms with Crippen molar-refractivity contribution < 1.29 is 17.9 Å². The van der Waals surface area contributed by atoms with Gasteiger partial charge in [0, 0.05) is 11.3 Å². The third-order valence-corrected chi connectivity index (χ3v) is 4.22. The van der Waals surface area contributed by atoms with Crippen LogP contribution in [-0.4, -0.2) is 18.5 Å². The van der Waals surface area contributed by atoms with Gasteiger partial charge in [0.25, 0.3) is 0 Å². The van der Waals surface area contributed by atoms with Gasteiger partial charge in [-0.25, -0.2) is 0 Å². The van der Waals surface area contributed by atoms with Gasteiger partial charge in [-0.05, 0) is 41.3 Å². The summed E-state index contributed by atoms with van der Waals surface area (Å²) in [5.74, 6) is 0.197. The average Bonchev–Trinajstić information content (AvgIpc) is 3.15. The molecule has 7 heteroatoms. The highest BCUT2D eigenvalue weighted by Crippen LogP contribution is 2.28. The molecule has 0 fully saturated rings. The molecule has 3 nitrogen and oxygen atoms in total. The van der Waals surface area contributed by atoms with Crippen molar-refractivity contribution in [2.24, 2.45) is 5.10 Å². The second-order valence-corrected chi connectivity index (χ2v) is 5.87. The molecular formula is C15H13F3N2OS. The van der Waals surface area contributed by atoms with Gasteiger partial charge in [-0.2, -0.15) is 18.3 Å². The second kappa shape index (κ2) is 6.00. The second-order valence-electron chi connectivity index (χ2n) is 4.89. The lowest BCUT2D eigenvalue weighted by Crippen LogP contribution is -2.19. The molecule has 1 atom stereocenters. The van der Waals surface area contributed by atoms with Gasteiger partial charge in [0.15, 0.2) is 6.61 Å². The van der Waals surface area contributed by atoms with Crippen LogP contribution in [0, 0.1) is 0 Å². The van der Waals surface area contributed by atoms with Crippen LogP contribution in [0.4, 0.5) is 13.2 Å². The van der Waals surface area contributed by atoms with E-state index in [4.69, 9.17) is 0 Å². The Kier molecular flexibility index (Phi) is 4.06. The number of ether oxygens (including phenoxy) is 1. The Morgan fingerprint density at radius 2 is 2.00 bits per heavy atom. The van der Waals surface area contributed by atoms with Crippen LogP contribution in [0.5, 0.6) is 5.75 Å². The Balaban J connectivity index is 1.62. The number of hydrogen-bond donors (Lipinski definition) is 1. The largest absolute Gasteiger partial charge is 0.484 e. The van der Waals surface area contributed by atoms with E-state index in [9.17, 15) is 13.2 Å². The van der Waals surface area contributed by atoms with E-state index in [-0.39, 0.29) is 11.8 Å². The first-order valence-electron chi connectivity index (χ1n) is 6.67. The molecule has 1 aromatic carbocycles. The summed E-state index contributed by atoms with van der Waals surface area (Å²) in [6.07, 6.45) is -3.57. The molecule has 0 bridgehead atoms. The summed E-state index contributed by atoms with van der Waals surface area (Å²) in [6, 6.07) is 10.7. The number of alkyl halides is 3. The summed E-state index contributed by atoms with van der Waals surface area (Å²) in [6.45, 7) is -1.28. The molecule has 0 spiro atoms. The zero-order valence-electron chi connectivity index (χ0n) is 11.4. The Hall–Kier alpha value is -2.02. The van der Waals surface area contributed by atoms with E-state index in [2.05, 4.69) is 21.3 Å². The Bertz CT molecular complexity index is 650. The minimum absolute atomic E-state index is 0.163. The van der Waals surface area contributed by atoms with Gasteiger partial charge in [-0.3, -0.25) is 0 Å². The van der Waals surface area contributed by atoms with Crippen LogP contribution in [0.15, 0.2) is 46.9 Å². The molecule has 0 aliphatic carbocycles.